The smallest absolute Gasteiger partial charge is 0.339 e. The molecule has 0 radical (unpaired) electrons. The van der Waals surface area contributed by atoms with Crippen molar-refractivity contribution in [2.45, 2.75) is 25.1 Å². The van der Waals surface area contributed by atoms with Crippen molar-refractivity contribution in [3.8, 4) is 0 Å². The van der Waals surface area contributed by atoms with Crippen LogP contribution in [-0.4, -0.2) is 29.9 Å². The zero-order chi connectivity index (χ0) is 14.9. The number of halogens is 5. The third-order valence-corrected chi connectivity index (χ3v) is 3.84. The van der Waals surface area contributed by atoms with Crippen LogP contribution in [0.15, 0.2) is 22.7 Å². The molecule has 1 heterocycles. The fourth-order valence-corrected chi connectivity index (χ4v) is 2.57. The van der Waals surface area contributed by atoms with Crippen LogP contribution in [-0.2, 0) is 6.18 Å². The van der Waals surface area contributed by atoms with Crippen LogP contribution < -0.4 is 5.73 Å². The minimum Gasteiger partial charge on any atom is -0.339 e. The minimum atomic E-state index is -4.55. The molecule has 118 valence electrons. The molecule has 8 heteroatoms. The Hall–Kier alpha value is -0.790. The number of carbonyl (C=O) groups is 1. The lowest BCUT2D eigenvalue weighted by Gasteiger charge is -2.31. The number of carbonyl (C=O) groups excluding carboxylic acids is 1. The second kappa shape index (κ2) is 6.98. The Morgan fingerprint density at radius 2 is 1.86 bits per heavy atom. The molecule has 0 aromatic heterocycles. The molecule has 0 unspecified atom stereocenters. The summed E-state index contributed by atoms with van der Waals surface area (Å²) in [5.74, 6) is -0.586. The van der Waals surface area contributed by atoms with Gasteiger partial charge in [-0.3, -0.25) is 4.79 Å². The first-order chi connectivity index (χ1) is 9.29. The first kappa shape index (κ1) is 18.3. The van der Waals surface area contributed by atoms with Gasteiger partial charge in [-0.15, -0.1) is 12.4 Å². The molecule has 1 aliphatic rings. The third kappa shape index (κ3) is 4.34. The van der Waals surface area contributed by atoms with Gasteiger partial charge < -0.3 is 10.6 Å². The predicted molar refractivity (Wildman–Crippen MR) is 79.5 cm³/mol. The summed E-state index contributed by atoms with van der Waals surface area (Å²) >= 11 is 3.00. The molecule has 3 nitrogen and oxygen atoms in total. The van der Waals surface area contributed by atoms with Crippen molar-refractivity contribution >= 4 is 34.2 Å². The topological polar surface area (TPSA) is 46.3 Å². The van der Waals surface area contributed by atoms with Crippen LogP contribution in [0.5, 0.6) is 0 Å². The van der Waals surface area contributed by atoms with E-state index in [1.807, 2.05) is 0 Å². The number of piperidine rings is 1. The van der Waals surface area contributed by atoms with Gasteiger partial charge in [0.1, 0.15) is 0 Å². The molecule has 1 fully saturated rings. The summed E-state index contributed by atoms with van der Waals surface area (Å²) in [6, 6.07) is 3.61. The van der Waals surface area contributed by atoms with E-state index < -0.39 is 17.6 Å². The fraction of sp³-hybridized carbons (Fsp3) is 0.462. The van der Waals surface area contributed by atoms with E-state index in [9.17, 15) is 18.0 Å². The van der Waals surface area contributed by atoms with Gasteiger partial charge in [-0.1, -0.05) is 15.9 Å². The van der Waals surface area contributed by atoms with Gasteiger partial charge in [0.05, 0.1) is 11.1 Å². The summed E-state index contributed by atoms with van der Waals surface area (Å²) in [7, 11) is 0. The maximum Gasteiger partial charge on any atom is 0.417 e. The van der Waals surface area contributed by atoms with Crippen molar-refractivity contribution in [3.05, 3.63) is 33.8 Å². The van der Waals surface area contributed by atoms with Crippen molar-refractivity contribution in [1.82, 2.24) is 4.90 Å². The molecule has 0 spiro atoms. The average Bonchev–Trinajstić information content (AvgIpc) is 2.38. The van der Waals surface area contributed by atoms with Crippen molar-refractivity contribution < 1.29 is 18.0 Å². The summed E-state index contributed by atoms with van der Waals surface area (Å²) in [6.07, 6.45) is -3.33. The number of nitrogens with two attached hydrogens (primary N) is 1. The molecule has 0 atom stereocenters. The van der Waals surface area contributed by atoms with E-state index in [4.69, 9.17) is 5.73 Å². The van der Waals surface area contributed by atoms with Gasteiger partial charge in [-0.05, 0) is 31.0 Å². The number of likely N-dealkylation sites (tertiary alicyclic amines) is 1. The summed E-state index contributed by atoms with van der Waals surface area (Å²) in [5, 5.41) is 0. The zero-order valence-electron chi connectivity index (χ0n) is 11.0. The van der Waals surface area contributed by atoms with Crippen LogP contribution in [0, 0.1) is 0 Å². The van der Waals surface area contributed by atoms with Crippen molar-refractivity contribution in [2.75, 3.05) is 13.1 Å². The molecule has 1 aromatic rings. The number of hydrogen-bond donors (Lipinski definition) is 1. The van der Waals surface area contributed by atoms with E-state index in [0.717, 1.165) is 6.07 Å². The first-order valence-electron chi connectivity index (χ1n) is 6.20. The van der Waals surface area contributed by atoms with E-state index in [2.05, 4.69) is 15.9 Å². The number of nitrogens with zero attached hydrogens (tertiary/aromatic N) is 1. The summed E-state index contributed by atoms with van der Waals surface area (Å²) in [6.45, 7) is 0.792. The minimum absolute atomic E-state index is 0. The van der Waals surface area contributed by atoms with Crippen LogP contribution in [0.1, 0.15) is 28.8 Å². The van der Waals surface area contributed by atoms with E-state index >= 15 is 0 Å². The van der Waals surface area contributed by atoms with Gasteiger partial charge in [0, 0.05) is 23.6 Å². The Morgan fingerprint density at radius 1 is 1.29 bits per heavy atom. The van der Waals surface area contributed by atoms with Crippen LogP contribution in [0.2, 0.25) is 0 Å². The molecule has 2 rings (SSSR count). The van der Waals surface area contributed by atoms with Gasteiger partial charge in [0.15, 0.2) is 0 Å². The summed E-state index contributed by atoms with van der Waals surface area (Å²) in [5.41, 5.74) is 4.51. The van der Waals surface area contributed by atoms with E-state index in [1.54, 1.807) is 0 Å². The monoisotopic (exact) mass is 386 g/mol. The Balaban J connectivity index is 0.00000220. The highest BCUT2D eigenvalue weighted by Gasteiger charge is 2.36. The normalized spacial score (nSPS) is 16.5. The SMILES string of the molecule is Cl.NC1CCN(C(=O)c2ccc(Br)cc2C(F)(F)F)CC1. The zero-order valence-corrected chi connectivity index (χ0v) is 13.4. The molecule has 0 bridgehead atoms. The molecule has 1 aliphatic heterocycles. The number of alkyl halides is 3. The highest BCUT2D eigenvalue weighted by molar-refractivity contribution is 9.10. The van der Waals surface area contributed by atoms with Gasteiger partial charge in [0.2, 0.25) is 0 Å². The lowest BCUT2D eigenvalue weighted by molar-refractivity contribution is -0.138. The van der Waals surface area contributed by atoms with Crippen LogP contribution >= 0.6 is 28.3 Å². The van der Waals surface area contributed by atoms with E-state index in [0.29, 0.717) is 30.4 Å². The number of amides is 1. The second-order valence-electron chi connectivity index (χ2n) is 4.82. The highest BCUT2D eigenvalue weighted by Crippen LogP contribution is 2.34. The van der Waals surface area contributed by atoms with Crippen LogP contribution in [0.25, 0.3) is 0 Å². The Labute approximate surface area is 135 Å². The number of rotatable bonds is 1. The molecule has 1 amide bonds. The molecule has 2 N–H and O–H groups in total. The molecule has 0 saturated carbocycles. The Kier molecular flexibility index (Phi) is 6.07. The van der Waals surface area contributed by atoms with E-state index in [1.165, 1.54) is 17.0 Å². The average molecular weight is 388 g/mol. The van der Waals surface area contributed by atoms with Gasteiger partial charge >= 0.3 is 6.18 Å². The Bertz CT molecular complexity index is 517. The number of hydrogen-bond acceptors (Lipinski definition) is 2. The van der Waals surface area contributed by atoms with Crippen molar-refractivity contribution in [3.63, 3.8) is 0 Å². The summed E-state index contributed by atoms with van der Waals surface area (Å²) < 4.78 is 39.3. The predicted octanol–water partition coefficient (Wildman–Crippen LogP) is 3.45. The second-order valence-corrected chi connectivity index (χ2v) is 5.73. The number of benzene rings is 1. The lowest BCUT2D eigenvalue weighted by atomic mass is 10.0. The summed E-state index contributed by atoms with van der Waals surface area (Å²) in [4.78, 5) is 13.7. The molecule has 21 heavy (non-hydrogen) atoms. The van der Waals surface area contributed by atoms with Crippen LogP contribution in [0.3, 0.4) is 0 Å². The molecule has 1 aromatic carbocycles. The maximum atomic E-state index is 13.0. The van der Waals surface area contributed by atoms with Crippen molar-refractivity contribution in [1.29, 1.82) is 0 Å². The standard InChI is InChI=1S/C13H14BrF3N2O.ClH/c14-8-1-2-10(11(7-8)13(15,16)17)12(20)19-5-3-9(18)4-6-19;/h1-2,7,9H,3-6,18H2;1H. The molecule has 1 saturated heterocycles. The van der Waals surface area contributed by atoms with Crippen LogP contribution in [0.4, 0.5) is 13.2 Å². The maximum absolute atomic E-state index is 13.0. The van der Waals surface area contributed by atoms with E-state index in [-0.39, 0.29) is 24.0 Å². The van der Waals surface area contributed by atoms with Crippen molar-refractivity contribution in [2.24, 2.45) is 5.73 Å². The lowest BCUT2D eigenvalue weighted by Crippen LogP contribution is -2.43. The first-order valence-corrected chi connectivity index (χ1v) is 7.00. The molecular formula is C13H15BrClF3N2O. The largest absolute Gasteiger partial charge is 0.417 e. The molecule has 0 aliphatic carbocycles. The quantitative estimate of drug-likeness (QED) is 0.802. The van der Waals surface area contributed by atoms with Gasteiger partial charge in [0.25, 0.3) is 5.91 Å². The van der Waals surface area contributed by atoms with Gasteiger partial charge in [-0.2, -0.15) is 13.2 Å². The highest BCUT2D eigenvalue weighted by atomic mass is 79.9. The fourth-order valence-electron chi connectivity index (χ4n) is 2.21. The molecular weight excluding hydrogens is 373 g/mol. The Morgan fingerprint density at radius 3 is 2.38 bits per heavy atom. The van der Waals surface area contributed by atoms with Gasteiger partial charge in [-0.25, -0.2) is 0 Å². The third-order valence-electron chi connectivity index (χ3n) is 3.34.